The van der Waals surface area contributed by atoms with Gasteiger partial charge in [-0.2, -0.15) is 4.31 Å². The maximum absolute atomic E-state index is 12.7. The molecule has 1 aromatic carbocycles. The fraction of sp³-hybridized carbons (Fsp3) is 0.429. The third-order valence-electron chi connectivity index (χ3n) is 3.81. The van der Waals surface area contributed by atoms with E-state index in [1.807, 2.05) is 24.3 Å². The molecule has 1 atom stereocenters. The van der Waals surface area contributed by atoms with E-state index in [0.717, 1.165) is 16.5 Å². The molecule has 0 bridgehead atoms. The Morgan fingerprint density at radius 2 is 2.14 bits per heavy atom. The zero-order valence-corrected chi connectivity index (χ0v) is 14.0. The molecule has 0 spiro atoms. The lowest BCUT2D eigenvalue weighted by atomic mass is 10.2. The van der Waals surface area contributed by atoms with E-state index in [2.05, 4.69) is 4.98 Å². The lowest BCUT2D eigenvalue weighted by Gasteiger charge is -2.24. The molecule has 2 heterocycles. The molecule has 0 N–H and O–H groups in total. The zero-order chi connectivity index (χ0) is 15.9. The Labute approximate surface area is 133 Å². The monoisotopic (exact) mass is 339 g/mol. The number of nitrogens with zero attached hydrogens (tertiary/aromatic N) is 3. The number of aromatic nitrogens is 1. The molecule has 3 rings (SSSR count). The molecule has 0 unspecified atom stereocenters. The van der Waals surface area contributed by atoms with Gasteiger partial charge in [0.25, 0.3) is 0 Å². The molecule has 1 aromatic heterocycles. The Kier molecular flexibility index (Phi) is 3.92. The first-order valence-corrected chi connectivity index (χ1v) is 9.64. The first-order valence-electron chi connectivity index (χ1n) is 6.98. The molecule has 1 aliphatic rings. The molecule has 22 heavy (non-hydrogen) atoms. The van der Waals surface area contributed by atoms with Crippen LogP contribution in [0, 0.1) is 0 Å². The number of hydrogen-bond acceptors (Lipinski definition) is 5. The van der Waals surface area contributed by atoms with E-state index in [4.69, 9.17) is 0 Å². The Bertz CT molecular complexity index is 783. The summed E-state index contributed by atoms with van der Waals surface area (Å²) in [6.07, 6.45) is 2.41. The topological polar surface area (TPSA) is 70.6 Å². The lowest BCUT2D eigenvalue weighted by Crippen LogP contribution is -2.46. The number of thiazole rings is 1. The SMILES string of the molecule is CN(C(=O)[C@H]1CCCN1S(C)(=O)=O)c1nc2ccccc2s1. The van der Waals surface area contributed by atoms with Crippen LogP contribution in [0.5, 0.6) is 0 Å². The fourth-order valence-corrected chi connectivity index (χ4v) is 4.76. The number of fused-ring (bicyclic) bond motifs is 1. The van der Waals surface area contributed by atoms with Gasteiger partial charge in [0.15, 0.2) is 5.13 Å². The Balaban J connectivity index is 1.88. The number of carbonyl (C=O) groups excluding carboxylic acids is 1. The van der Waals surface area contributed by atoms with Crippen LogP contribution in [-0.4, -0.2) is 49.5 Å². The molecule has 8 heteroatoms. The quantitative estimate of drug-likeness (QED) is 0.853. The molecule has 0 aliphatic carbocycles. The maximum Gasteiger partial charge on any atom is 0.246 e. The van der Waals surface area contributed by atoms with Gasteiger partial charge in [0.05, 0.1) is 16.5 Å². The van der Waals surface area contributed by atoms with Crippen molar-refractivity contribution in [3.63, 3.8) is 0 Å². The molecule has 2 aromatic rings. The Morgan fingerprint density at radius 1 is 1.41 bits per heavy atom. The van der Waals surface area contributed by atoms with Gasteiger partial charge < -0.3 is 0 Å². The second-order valence-corrected chi connectivity index (χ2v) is 8.34. The minimum atomic E-state index is -3.37. The fourth-order valence-electron chi connectivity index (χ4n) is 2.71. The molecule has 0 saturated carbocycles. The third kappa shape index (κ3) is 2.73. The smallest absolute Gasteiger partial charge is 0.246 e. The van der Waals surface area contributed by atoms with Crippen molar-refractivity contribution >= 4 is 42.6 Å². The van der Waals surface area contributed by atoms with E-state index in [-0.39, 0.29) is 5.91 Å². The minimum Gasteiger partial charge on any atom is -0.290 e. The lowest BCUT2D eigenvalue weighted by molar-refractivity contribution is -0.121. The van der Waals surface area contributed by atoms with Gasteiger partial charge in [0.2, 0.25) is 15.9 Å². The van der Waals surface area contributed by atoms with Crippen LogP contribution < -0.4 is 4.90 Å². The minimum absolute atomic E-state index is 0.220. The summed E-state index contributed by atoms with van der Waals surface area (Å²) < 4.78 is 25.9. The van der Waals surface area contributed by atoms with Crippen LogP contribution in [0.4, 0.5) is 5.13 Å². The third-order valence-corrected chi connectivity index (χ3v) is 6.22. The Morgan fingerprint density at radius 3 is 2.82 bits per heavy atom. The van der Waals surface area contributed by atoms with Crippen molar-refractivity contribution in [1.82, 2.24) is 9.29 Å². The van der Waals surface area contributed by atoms with Gasteiger partial charge in [-0.05, 0) is 25.0 Å². The van der Waals surface area contributed by atoms with E-state index in [9.17, 15) is 13.2 Å². The second-order valence-electron chi connectivity index (χ2n) is 5.39. The summed E-state index contributed by atoms with van der Waals surface area (Å²) in [6.45, 7) is 0.406. The van der Waals surface area contributed by atoms with Crippen LogP contribution in [0.15, 0.2) is 24.3 Å². The largest absolute Gasteiger partial charge is 0.290 e. The number of hydrogen-bond donors (Lipinski definition) is 0. The van der Waals surface area contributed by atoms with Crippen molar-refractivity contribution in [3.8, 4) is 0 Å². The molecule has 1 fully saturated rings. The average molecular weight is 339 g/mol. The van der Waals surface area contributed by atoms with Gasteiger partial charge in [-0.1, -0.05) is 23.5 Å². The van der Waals surface area contributed by atoms with Gasteiger partial charge in [-0.3, -0.25) is 9.69 Å². The maximum atomic E-state index is 12.7. The normalized spacial score (nSPS) is 19.6. The molecule has 1 amide bonds. The van der Waals surface area contributed by atoms with Crippen LogP contribution in [0.1, 0.15) is 12.8 Å². The number of rotatable bonds is 3. The van der Waals surface area contributed by atoms with Crippen LogP contribution >= 0.6 is 11.3 Å². The summed E-state index contributed by atoms with van der Waals surface area (Å²) in [5.41, 5.74) is 0.841. The summed E-state index contributed by atoms with van der Waals surface area (Å²) in [5, 5.41) is 0.589. The van der Waals surface area contributed by atoms with Gasteiger partial charge in [0.1, 0.15) is 6.04 Å². The van der Waals surface area contributed by atoms with Gasteiger partial charge in [-0.15, -0.1) is 0 Å². The highest BCUT2D eigenvalue weighted by Crippen LogP contribution is 2.30. The number of benzene rings is 1. The molecule has 1 aliphatic heterocycles. The van der Waals surface area contributed by atoms with Crippen molar-refractivity contribution in [2.75, 3.05) is 24.7 Å². The highest BCUT2D eigenvalue weighted by atomic mass is 32.2. The standard InChI is InChI=1S/C14H17N3O3S2/c1-16(14-15-10-6-3-4-8-12(10)21-14)13(18)11-7-5-9-17(11)22(2,19)20/h3-4,6,8,11H,5,7,9H2,1-2H3/t11-/m1/s1. The second kappa shape index (κ2) is 5.60. The van der Waals surface area contributed by atoms with E-state index >= 15 is 0 Å². The van der Waals surface area contributed by atoms with E-state index in [0.29, 0.717) is 24.5 Å². The van der Waals surface area contributed by atoms with Crippen molar-refractivity contribution in [2.45, 2.75) is 18.9 Å². The predicted molar refractivity (Wildman–Crippen MR) is 87.6 cm³/mol. The van der Waals surface area contributed by atoms with Gasteiger partial charge in [-0.25, -0.2) is 13.4 Å². The summed E-state index contributed by atoms with van der Waals surface area (Å²) in [6, 6.07) is 7.05. The first-order chi connectivity index (χ1) is 10.4. The molecular formula is C14H17N3O3S2. The van der Waals surface area contributed by atoms with Crippen molar-refractivity contribution in [2.24, 2.45) is 0 Å². The molecule has 6 nitrogen and oxygen atoms in total. The van der Waals surface area contributed by atoms with E-state index < -0.39 is 16.1 Å². The van der Waals surface area contributed by atoms with Crippen molar-refractivity contribution in [3.05, 3.63) is 24.3 Å². The van der Waals surface area contributed by atoms with Crippen molar-refractivity contribution in [1.29, 1.82) is 0 Å². The Hall–Kier alpha value is -1.51. The van der Waals surface area contributed by atoms with Crippen LogP contribution in [0.3, 0.4) is 0 Å². The number of carbonyl (C=O) groups is 1. The average Bonchev–Trinajstić information content (AvgIpc) is 3.11. The predicted octanol–water partition coefficient (Wildman–Crippen LogP) is 1.68. The molecule has 1 saturated heterocycles. The van der Waals surface area contributed by atoms with Gasteiger partial charge >= 0.3 is 0 Å². The van der Waals surface area contributed by atoms with E-state index in [1.165, 1.54) is 20.5 Å². The number of sulfonamides is 1. The van der Waals surface area contributed by atoms with Crippen molar-refractivity contribution < 1.29 is 13.2 Å². The summed E-state index contributed by atoms with van der Waals surface area (Å²) in [7, 11) is -1.72. The molecule has 118 valence electrons. The van der Waals surface area contributed by atoms with E-state index in [1.54, 1.807) is 7.05 Å². The number of anilines is 1. The number of likely N-dealkylation sites (N-methyl/N-ethyl adjacent to an activating group) is 1. The number of para-hydroxylation sites is 1. The van der Waals surface area contributed by atoms with Gasteiger partial charge in [0, 0.05) is 13.6 Å². The summed E-state index contributed by atoms with van der Waals surface area (Å²) in [4.78, 5) is 18.6. The molecular weight excluding hydrogens is 322 g/mol. The first kappa shape index (κ1) is 15.4. The molecule has 0 radical (unpaired) electrons. The summed E-state index contributed by atoms with van der Waals surface area (Å²) in [5.74, 6) is -0.220. The van der Waals surface area contributed by atoms with Crippen LogP contribution in [0.2, 0.25) is 0 Å². The highest BCUT2D eigenvalue weighted by Gasteiger charge is 2.38. The highest BCUT2D eigenvalue weighted by molar-refractivity contribution is 7.88. The van der Waals surface area contributed by atoms with Crippen LogP contribution in [0.25, 0.3) is 10.2 Å². The zero-order valence-electron chi connectivity index (χ0n) is 12.4. The number of amides is 1. The van der Waals surface area contributed by atoms with Crippen LogP contribution in [-0.2, 0) is 14.8 Å². The summed E-state index contributed by atoms with van der Waals surface area (Å²) >= 11 is 1.43.